The van der Waals surface area contributed by atoms with E-state index >= 15 is 0 Å². The van der Waals surface area contributed by atoms with E-state index in [4.69, 9.17) is 99.8 Å². The normalized spacial score (nSPS) is 44.6. The van der Waals surface area contributed by atoms with Crippen LogP contribution in [0.1, 0.15) is 107 Å². The van der Waals surface area contributed by atoms with Crippen molar-refractivity contribution < 1.29 is 201 Å². The first-order valence-electron chi connectivity index (χ1n) is 39.6. The Bertz CT molecular complexity index is 3370. The van der Waals surface area contributed by atoms with Gasteiger partial charge in [0.25, 0.3) is 0 Å². The molecule has 41 heteroatoms. The van der Waals surface area contributed by atoms with Crippen molar-refractivity contribution in [2.24, 2.45) is 47.3 Å². The second kappa shape index (κ2) is 45.2. The van der Waals surface area contributed by atoms with E-state index in [9.17, 15) is 95.8 Å². The van der Waals surface area contributed by atoms with Crippen LogP contribution in [-0.2, 0) is 114 Å². The average Bonchev–Trinajstić information content (AvgIpc) is 0.775. The Morgan fingerprint density at radius 1 is 0.319 bits per heavy atom. The Hall–Kier alpha value is -5.00. The number of carbonyl (C=O) groups excluding carboxylic acids is 4. The van der Waals surface area contributed by atoms with E-state index in [2.05, 4.69) is 13.8 Å². The van der Waals surface area contributed by atoms with Crippen molar-refractivity contribution in [3.8, 4) is 0 Å². The van der Waals surface area contributed by atoms with Crippen molar-refractivity contribution >= 4 is 23.9 Å². The minimum atomic E-state index is -1.74. The number of ether oxygens (including phenoxy) is 20. The molecule has 0 saturated carbocycles. The van der Waals surface area contributed by atoms with E-state index in [0.29, 0.717) is 6.61 Å². The van der Waals surface area contributed by atoms with Crippen molar-refractivity contribution in [2.45, 2.75) is 292 Å². The molecule has 2 aromatic rings. The van der Waals surface area contributed by atoms with Crippen LogP contribution in [0.4, 0.5) is 0 Å². The maximum atomic E-state index is 11.6. The molecule has 0 aliphatic carbocycles. The fraction of sp³-hybridized carbons (Fsp3) is 0.795. The van der Waals surface area contributed by atoms with Gasteiger partial charge in [-0.1, -0.05) is 116 Å². The van der Waals surface area contributed by atoms with Crippen LogP contribution in [-0.4, -0.2) is 361 Å². The summed E-state index contributed by atoms with van der Waals surface area (Å²) in [5, 5.41) is 156. The van der Waals surface area contributed by atoms with Gasteiger partial charge in [0.2, 0.25) is 12.6 Å². The van der Waals surface area contributed by atoms with E-state index in [1.54, 1.807) is 0 Å². The van der Waals surface area contributed by atoms with Gasteiger partial charge in [-0.2, -0.15) is 0 Å². The molecule has 0 amide bonds. The van der Waals surface area contributed by atoms with E-state index in [1.165, 1.54) is 27.7 Å². The number of hydrogen-bond acceptors (Lipinski definition) is 40. The van der Waals surface area contributed by atoms with E-state index in [-0.39, 0.29) is 91.5 Å². The first-order chi connectivity index (χ1) is 55.9. The molecule has 119 heavy (non-hydrogen) atoms. The standard InChI is InChI=1S/C27H38O9.C20H34O9.C19H26O11.C12H22O11.H2O/c1-14-16(3)25(32-19(6)29)33-21(12-30-18(5)28)23(14)35-26-17(4)15(2)24-22(34-26)13-31-27(36-24)20-10-8-7-9-11-20;1-9-11(3)20(27-15(7-21)17(9)24)29-18-10(2)12(4)19(26-14(6)23)28-16(18)8-25-13(5)22;20-6-9-15(11(21)13(23)17(25)27-9)30-19-14(24)12(22)16-10(28-19)7-26-18(29-16)8-4-2-1-3-5-8;13-1-3-5(15)6(16)9(19)12(22-3)23-10-4(2-14)21-11(20)8(18)7(10)17;/h7-11,14-17,21-27H,12-13H2,1-6H3;9-12,15-21,24H,7-8H2,1-6H3;1-5,9-25H,6-7H2;3-20H,1-2H2;1H2. The number of aliphatic hydroxyl groups is 16. The predicted molar refractivity (Wildman–Crippen MR) is 395 cm³/mol. The van der Waals surface area contributed by atoms with Gasteiger partial charge in [-0.15, -0.1) is 0 Å². The van der Waals surface area contributed by atoms with E-state index in [0.717, 1.165) is 11.1 Å². The molecule has 18 N–H and O–H groups in total. The lowest BCUT2D eigenvalue weighted by Crippen LogP contribution is -2.65. The summed E-state index contributed by atoms with van der Waals surface area (Å²) in [7, 11) is 0. The van der Waals surface area contributed by atoms with Gasteiger partial charge < -0.3 is 182 Å². The molecule has 10 heterocycles. The number of carbonyl (C=O) groups is 4. The summed E-state index contributed by atoms with van der Waals surface area (Å²) in [4.78, 5) is 45.9. The van der Waals surface area contributed by atoms with Crippen molar-refractivity contribution in [3.05, 3.63) is 71.8 Å². The van der Waals surface area contributed by atoms with E-state index in [1.807, 2.05) is 102 Å². The minimum absolute atomic E-state index is 0. The lowest BCUT2D eigenvalue weighted by molar-refractivity contribution is -0.384. The van der Waals surface area contributed by atoms with Crippen LogP contribution in [0.15, 0.2) is 60.7 Å². The molecule has 42 atom stereocenters. The summed E-state index contributed by atoms with van der Waals surface area (Å²) in [5.41, 5.74) is 1.73. The van der Waals surface area contributed by atoms with Crippen molar-refractivity contribution in [1.29, 1.82) is 0 Å². The van der Waals surface area contributed by atoms with Gasteiger partial charge in [0.1, 0.15) is 135 Å². The van der Waals surface area contributed by atoms with Gasteiger partial charge in [0, 0.05) is 62.5 Å². The molecule has 42 unspecified atom stereocenters. The first kappa shape index (κ1) is 99.4. The van der Waals surface area contributed by atoms with Crippen LogP contribution in [0.25, 0.3) is 0 Å². The maximum Gasteiger partial charge on any atom is 0.304 e. The summed E-state index contributed by atoms with van der Waals surface area (Å²) in [5.74, 6) is -2.38. The highest BCUT2D eigenvalue weighted by molar-refractivity contribution is 5.67. The molecular formula is C78H122O41. The Morgan fingerprint density at radius 2 is 0.664 bits per heavy atom. The fourth-order valence-electron chi connectivity index (χ4n) is 15.4. The fourth-order valence-corrected chi connectivity index (χ4v) is 15.4. The topological polar surface area (TPSA) is 608 Å². The summed E-state index contributed by atoms with van der Waals surface area (Å²) >= 11 is 0. The third-order valence-electron chi connectivity index (χ3n) is 23.4. The summed E-state index contributed by atoms with van der Waals surface area (Å²) in [6.45, 7) is 19.2. The van der Waals surface area contributed by atoms with Crippen molar-refractivity contribution in [2.75, 3.05) is 52.9 Å². The summed E-state index contributed by atoms with van der Waals surface area (Å²) < 4.78 is 113. The number of hydrogen-bond donors (Lipinski definition) is 16. The number of aliphatic hydroxyl groups excluding tert-OH is 16. The number of fused-ring (bicyclic) bond motifs is 2. The zero-order valence-electron chi connectivity index (χ0n) is 68.1. The Balaban J connectivity index is 0.000000199. The molecular weight excluding hydrogens is 1590 g/mol. The molecule has 0 radical (unpaired) electrons. The Morgan fingerprint density at radius 3 is 1.08 bits per heavy atom. The highest BCUT2D eigenvalue weighted by Crippen LogP contribution is 2.45. The quantitative estimate of drug-likeness (QED) is 0.0440. The molecule has 0 bridgehead atoms. The van der Waals surface area contributed by atoms with Crippen LogP contribution < -0.4 is 0 Å². The van der Waals surface area contributed by atoms with Crippen molar-refractivity contribution in [3.63, 3.8) is 0 Å². The van der Waals surface area contributed by atoms with Gasteiger partial charge >= 0.3 is 23.9 Å². The second-order valence-electron chi connectivity index (χ2n) is 31.5. The predicted octanol–water partition coefficient (Wildman–Crippen LogP) is -4.41. The second-order valence-corrected chi connectivity index (χ2v) is 31.5. The zero-order chi connectivity index (χ0) is 86.6. The van der Waals surface area contributed by atoms with Gasteiger partial charge in [-0.25, -0.2) is 0 Å². The van der Waals surface area contributed by atoms with Crippen molar-refractivity contribution in [1.82, 2.24) is 0 Å². The monoisotopic (exact) mass is 1710 g/mol. The average molecular weight is 1720 g/mol. The molecule has 2 aromatic carbocycles. The maximum absolute atomic E-state index is 11.6. The van der Waals surface area contributed by atoms with Gasteiger partial charge in [0.15, 0.2) is 50.3 Å². The largest absolute Gasteiger partial charge is 0.463 e. The third kappa shape index (κ3) is 24.4. The molecule has 680 valence electrons. The summed E-state index contributed by atoms with van der Waals surface area (Å²) in [6, 6.07) is 19.0. The van der Waals surface area contributed by atoms with Crippen LogP contribution in [0.5, 0.6) is 0 Å². The zero-order valence-corrected chi connectivity index (χ0v) is 68.1. The lowest BCUT2D eigenvalue weighted by Gasteiger charge is -2.50. The lowest BCUT2D eigenvalue weighted by atomic mass is 9.82. The van der Waals surface area contributed by atoms with E-state index < -0.39 is 241 Å². The molecule has 10 fully saturated rings. The molecule has 41 nitrogen and oxygen atoms in total. The summed E-state index contributed by atoms with van der Waals surface area (Å²) in [6.07, 6.45) is -37.3. The highest BCUT2D eigenvalue weighted by Gasteiger charge is 2.57. The Labute approximate surface area is 687 Å². The molecule has 10 aliphatic heterocycles. The first-order valence-corrected chi connectivity index (χ1v) is 39.6. The SMILES string of the molecule is CC(=O)OCC1OC(OC(C)=O)C(C)C(C)C1OC1OC(CO)C(O)C(C)C1C.CC(=O)OCC1OC(OC(C)=O)C(C)C(C)C1OC1OC2COC(c3ccccc3)OC2C(C)C1C.O.OCC1OC(O)C(O)C(O)C1OC1OC2COC(c3ccccc3)OC2C(O)C1O.OCC1OC(OC2C(CO)OC(O)C(O)C2O)C(O)C(O)C1O. The molecule has 0 spiro atoms. The van der Waals surface area contributed by atoms with Crippen LogP contribution >= 0.6 is 0 Å². The molecule has 12 rings (SSSR count). The van der Waals surface area contributed by atoms with Crippen LogP contribution in [0, 0.1) is 47.3 Å². The molecule has 0 aromatic heterocycles. The molecule has 10 saturated heterocycles. The Kier molecular flexibility index (Phi) is 37.8. The smallest absolute Gasteiger partial charge is 0.304 e. The highest BCUT2D eigenvalue weighted by atomic mass is 16.8. The number of rotatable bonds is 20. The minimum Gasteiger partial charge on any atom is -0.463 e. The van der Waals surface area contributed by atoms with Gasteiger partial charge in [0.05, 0.1) is 64.1 Å². The van der Waals surface area contributed by atoms with Gasteiger partial charge in [-0.3, -0.25) is 19.2 Å². The molecule has 10 aliphatic rings. The van der Waals surface area contributed by atoms with Crippen LogP contribution in [0.3, 0.4) is 0 Å². The number of benzene rings is 2. The van der Waals surface area contributed by atoms with Gasteiger partial charge in [-0.05, 0) is 23.7 Å². The number of esters is 4. The van der Waals surface area contributed by atoms with Crippen LogP contribution in [0.2, 0.25) is 0 Å². The third-order valence-corrected chi connectivity index (χ3v) is 23.4.